The molecule has 0 saturated carbocycles. The van der Waals surface area contributed by atoms with E-state index in [-0.39, 0.29) is 16.9 Å². The molecule has 1 unspecified atom stereocenters. The highest BCUT2D eigenvalue weighted by molar-refractivity contribution is 6.01. The number of benzene rings is 1. The summed E-state index contributed by atoms with van der Waals surface area (Å²) in [5.74, 6) is -0.372. The number of hydrogen-bond acceptors (Lipinski definition) is 3. The van der Waals surface area contributed by atoms with Crippen LogP contribution >= 0.6 is 0 Å². The van der Waals surface area contributed by atoms with Crippen molar-refractivity contribution in [1.82, 2.24) is 0 Å². The summed E-state index contributed by atoms with van der Waals surface area (Å²) in [7, 11) is 1.49. The third-order valence-corrected chi connectivity index (χ3v) is 2.79. The quantitative estimate of drug-likeness (QED) is 0.840. The first-order valence-corrected chi connectivity index (χ1v) is 5.74. The second-order valence-corrected chi connectivity index (χ2v) is 4.28. The summed E-state index contributed by atoms with van der Waals surface area (Å²) in [6.07, 6.45) is -4.08. The van der Waals surface area contributed by atoms with Crippen LogP contribution in [0.2, 0.25) is 0 Å². The zero-order valence-electron chi connectivity index (χ0n) is 10.8. The number of methoxy groups -OCH3 is 1. The number of carbonyl (C=O) groups excluding carboxylic acids is 1. The number of Topliss-reactive ketones (excluding diaryl/α,β-unsaturated/α-hetero) is 1. The molecule has 1 rings (SSSR count). The maximum atomic E-state index is 12.5. The SMILES string of the molecule is COCCC(N)C(=O)c1ccc(C(F)(F)F)cc1C. The van der Waals surface area contributed by atoms with Gasteiger partial charge in [0, 0.05) is 19.3 Å². The van der Waals surface area contributed by atoms with Gasteiger partial charge in [-0.15, -0.1) is 0 Å². The molecule has 0 radical (unpaired) electrons. The summed E-state index contributed by atoms with van der Waals surface area (Å²) in [4.78, 5) is 12.0. The lowest BCUT2D eigenvalue weighted by atomic mass is 9.96. The molecule has 0 aliphatic rings. The summed E-state index contributed by atoms with van der Waals surface area (Å²) in [5, 5.41) is 0. The fraction of sp³-hybridized carbons (Fsp3) is 0.462. The lowest BCUT2D eigenvalue weighted by Gasteiger charge is -2.14. The van der Waals surface area contributed by atoms with E-state index < -0.39 is 17.8 Å². The molecule has 0 bridgehead atoms. The molecule has 0 aromatic heterocycles. The lowest BCUT2D eigenvalue weighted by Crippen LogP contribution is -2.32. The van der Waals surface area contributed by atoms with Crippen molar-refractivity contribution < 1.29 is 22.7 Å². The van der Waals surface area contributed by atoms with Crippen LogP contribution in [0.3, 0.4) is 0 Å². The van der Waals surface area contributed by atoms with E-state index in [1.165, 1.54) is 20.1 Å². The van der Waals surface area contributed by atoms with Crippen LogP contribution in [0.1, 0.15) is 27.9 Å². The van der Waals surface area contributed by atoms with E-state index in [4.69, 9.17) is 10.5 Å². The Morgan fingerprint density at radius 2 is 2.05 bits per heavy atom. The molecule has 1 atom stereocenters. The van der Waals surface area contributed by atoms with Crippen LogP contribution in [-0.4, -0.2) is 25.5 Å². The first-order valence-electron chi connectivity index (χ1n) is 5.74. The van der Waals surface area contributed by atoms with E-state index in [9.17, 15) is 18.0 Å². The number of ketones is 1. The third-order valence-electron chi connectivity index (χ3n) is 2.79. The van der Waals surface area contributed by atoms with Crippen molar-refractivity contribution >= 4 is 5.78 Å². The van der Waals surface area contributed by atoms with Gasteiger partial charge in [0.1, 0.15) is 0 Å². The highest BCUT2D eigenvalue weighted by atomic mass is 19.4. The van der Waals surface area contributed by atoms with E-state index in [2.05, 4.69) is 0 Å². The number of carbonyl (C=O) groups is 1. The largest absolute Gasteiger partial charge is 0.416 e. The van der Waals surface area contributed by atoms with Crippen LogP contribution < -0.4 is 5.73 Å². The minimum atomic E-state index is -4.41. The number of halogens is 3. The lowest BCUT2D eigenvalue weighted by molar-refractivity contribution is -0.137. The van der Waals surface area contributed by atoms with Crippen LogP contribution in [0.4, 0.5) is 13.2 Å². The van der Waals surface area contributed by atoms with Gasteiger partial charge in [-0.2, -0.15) is 13.2 Å². The third kappa shape index (κ3) is 4.04. The average molecular weight is 275 g/mol. The number of ether oxygens (including phenoxy) is 1. The molecular weight excluding hydrogens is 259 g/mol. The molecule has 106 valence electrons. The minimum absolute atomic E-state index is 0.219. The van der Waals surface area contributed by atoms with Crippen molar-refractivity contribution in [1.29, 1.82) is 0 Å². The Morgan fingerprint density at radius 3 is 2.53 bits per heavy atom. The Bertz CT molecular complexity index is 458. The van der Waals surface area contributed by atoms with Crippen LogP contribution in [0.25, 0.3) is 0 Å². The average Bonchev–Trinajstić information content (AvgIpc) is 2.33. The van der Waals surface area contributed by atoms with Gasteiger partial charge >= 0.3 is 6.18 Å². The Balaban J connectivity index is 2.93. The highest BCUT2D eigenvalue weighted by Gasteiger charge is 2.31. The van der Waals surface area contributed by atoms with Crippen molar-refractivity contribution in [3.05, 3.63) is 34.9 Å². The van der Waals surface area contributed by atoms with Crippen molar-refractivity contribution in [2.45, 2.75) is 25.6 Å². The molecule has 0 spiro atoms. The van der Waals surface area contributed by atoms with Gasteiger partial charge in [0.2, 0.25) is 0 Å². The highest BCUT2D eigenvalue weighted by Crippen LogP contribution is 2.30. The summed E-state index contributed by atoms with van der Waals surface area (Å²) >= 11 is 0. The zero-order chi connectivity index (χ0) is 14.6. The molecule has 0 saturated heterocycles. The van der Waals surface area contributed by atoms with Crippen LogP contribution in [0.15, 0.2) is 18.2 Å². The minimum Gasteiger partial charge on any atom is -0.385 e. The molecule has 0 fully saturated rings. The van der Waals surface area contributed by atoms with Gasteiger partial charge in [0.15, 0.2) is 5.78 Å². The molecule has 0 heterocycles. The van der Waals surface area contributed by atoms with Gasteiger partial charge in [-0.05, 0) is 31.0 Å². The fourth-order valence-corrected chi connectivity index (χ4v) is 1.69. The molecule has 1 aromatic carbocycles. The first kappa shape index (κ1) is 15.7. The molecule has 19 heavy (non-hydrogen) atoms. The predicted molar refractivity (Wildman–Crippen MR) is 65.0 cm³/mol. The molecule has 0 amide bonds. The normalized spacial score (nSPS) is 13.4. The number of hydrogen-bond donors (Lipinski definition) is 1. The van der Waals surface area contributed by atoms with Gasteiger partial charge in [0.05, 0.1) is 11.6 Å². The second kappa shape index (κ2) is 6.16. The number of nitrogens with two attached hydrogens (primary N) is 1. The number of rotatable bonds is 5. The molecule has 2 N–H and O–H groups in total. The smallest absolute Gasteiger partial charge is 0.385 e. The Kier molecular flexibility index (Phi) is 5.08. The van der Waals surface area contributed by atoms with E-state index in [0.29, 0.717) is 13.0 Å². The maximum Gasteiger partial charge on any atom is 0.416 e. The standard InChI is InChI=1S/C13H16F3NO2/c1-8-7-9(13(14,15)16)3-4-10(8)12(18)11(17)5-6-19-2/h3-4,7,11H,5-6,17H2,1-2H3. The fourth-order valence-electron chi connectivity index (χ4n) is 1.69. The van der Waals surface area contributed by atoms with Crippen molar-refractivity contribution in [3.8, 4) is 0 Å². The molecule has 1 aromatic rings. The molecular formula is C13H16F3NO2. The second-order valence-electron chi connectivity index (χ2n) is 4.28. The van der Waals surface area contributed by atoms with Gasteiger partial charge in [-0.25, -0.2) is 0 Å². The van der Waals surface area contributed by atoms with Crippen LogP contribution in [0, 0.1) is 6.92 Å². The summed E-state index contributed by atoms with van der Waals surface area (Å²) in [6, 6.07) is 2.25. The molecule has 0 aliphatic heterocycles. The van der Waals surface area contributed by atoms with Gasteiger partial charge in [0.25, 0.3) is 0 Å². The zero-order valence-corrected chi connectivity index (χ0v) is 10.8. The van der Waals surface area contributed by atoms with E-state index in [1.54, 1.807) is 0 Å². The monoisotopic (exact) mass is 275 g/mol. The van der Waals surface area contributed by atoms with Crippen molar-refractivity contribution in [2.75, 3.05) is 13.7 Å². The number of aryl methyl sites for hydroxylation is 1. The van der Waals surface area contributed by atoms with Crippen LogP contribution in [-0.2, 0) is 10.9 Å². The summed E-state index contributed by atoms with van der Waals surface area (Å²) < 4.78 is 42.3. The topological polar surface area (TPSA) is 52.3 Å². The summed E-state index contributed by atoms with van der Waals surface area (Å²) in [5.41, 5.74) is 5.40. The Hall–Kier alpha value is -1.40. The van der Waals surface area contributed by atoms with Gasteiger partial charge in [-0.1, -0.05) is 6.07 Å². The van der Waals surface area contributed by atoms with Crippen molar-refractivity contribution in [2.24, 2.45) is 5.73 Å². The Morgan fingerprint density at radius 1 is 1.42 bits per heavy atom. The van der Waals surface area contributed by atoms with Gasteiger partial charge in [-0.3, -0.25) is 4.79 Å². The summed E-state index contributed by atoms with van der Waals surface area (Å²) in [6.45, 7) is 1.79. The number of alkyl halides is 3. The molecule has 0 aliphatic carbocycles. The van der Waals surface area contributed by atoms with E-state index >= 15 is 0 Å². The van der Waals surface area contributed by atoms with Gasteiger partial charge < -0.3 is 10.5 Å². The Labute approximate surface area is 109 Å². The van der Waals surface area contributed by atoms with Crippen LogP contribution in [0.5, 0.6) is 0 Å². The predicted octanol–water partition coefficient (Wildman–Crippen LogP) is 2.56. The van der Waals surface area contributed by atoms with E-state index in [0.717, 1.165) is 12.1 Å². The first-order chi connectivity index (χ1) is 8.77. The molecule has 6 heteroatoms. The van der Waals surface area contributed by atoms with E-state index in [1.807, 2.05) is 0 Å². The van der Waals surface area contributed by atoms with Crippen molar-refractivity contribution in [3.63, 3.8) is 0 Å². The maximum absolute atomic E-state index is 12.5. The molecule has 3 nitrogen and oxygen atoms in total.